The van der Waals surface area contributed by atoms with Crippen LogP contribution >= 0.6 is 0 Å². The summed E-state index contributed by atoms with van der Waals surface area (Å²) in [6, 6.07) is 6.86. The highest BCUT2D eigenvalue weighted by Gasteiger charge is 2.25. The molecule has 0 radical (unpaired) electrons. The smallest absolute Gasteiger partial charge is 0.289 e. The Bertz CT molecular complexity index is 1100. The molecule has 2 amide bonds. The lowest BCUT2D eigenvalue weighted by atomic mass is 9.99. The van der Waals surface area contributed by atoms with Crippen molar-refractivity contribution in [3.63, 3.8) is 0 Å². The number of furan rings is 1. The molecular weight excluding hydrogens is 384 g/mol. The Morgan fingerprint density at radius 3 is 2.87 bits per heavy atom. The number of rotatable bonds is 5. The van der Waals surface area contributed by atoms with Crippen molar-refractivity contribution in [2.75, 3.05) is 27.2 Å². The van der Waals surface area contributed by atoms with Crippen LogP contribution in [0.1, 0.15) is 22.5 Å². The minimum Gasteiger partial charge on any atom is -0.451 e. The third kappa shape index (κ3) is 3.97. The first-order chi connectivity index (χ1) is 14.4. The van der Waals surface area contributed by atoms with Crippen molar-refractivity contribution in [1.29, 1.82) is 0 Å². The maximum Gasteiger partial charge on any atom is 0.289 e. The van der Waals surface area contributed by atoms with Gasteiger partial charge in [0.15, 0.2) is 5.76 Å². The van der Waals surface area contributed by atoms with Crippen molar-refractivity contribution in [2.24, 2.45) is 5.73 Å². The second-order valence-corrected chi connectivity index (χ2v) is 7.57. The Hall–Kier alpha value is -3.46. The van der Waals surface area contributed by atoms with Crippen molar-refractivity contribution in [2.45, 2.75) is 19.0 Å². The van der Waals surface area contributed by atoms with Crippen molar-refractivity contribution in [3.05, 3.63) is 54.1 Å². The Labute approximate surface area is 173 Å². The fourth-order valence-electron chi connectivity index (χ4n) is 3.55. The molecule has 0 saturated heterocycles. The first kappa shape index (κ1) is 19.8. The lowest BCUT2D eigenvalue weighted by Gasteiger charge is -2.29. The van der Waals surface area contributed by atoms with E-state index >= 15 is 0 Å². The molecule has 1 aliphatic heterocycles. The number of hydrogen-bond donors (Lipinski definition) is 1. The lowest BCUT2D eigenvalue weighted by Crippen LogP contribution is -2.47. The number of nitrogens with two attached hydrogens (primary N) is 1. The van der Waals surface area contributed by atoms with E-state index in [4.69, 9.17) is 10.2 Å². The van der Waals surface area contributed by atoms with Gasteiger partial charge in [0.1, 0.15) is 11.6 Å². The van der Waals surface area contributed by atoms with Gasteiger partial charge in [-0.2, -0.15) is 0 Å². The van der Waals surface area contributed by atoms with E-state index in [0.29, 0.717) is 24.4 Å². The summed E-state index contributed by atoms with van der Waals surface area (Å²) in [7, 11) is 3.37. The highest BCUT2D eigenvalue weighted by molar-refractivity contribution is 5.96. The van der Waals surface area contributed by atoms with Crippen LogP contribution in [-0.2, 0) is 11.3 Å². The minimum absolute atomic E-state index is 0.112. The first-order valence-electron chi connectivity index (χ1n) is 9.75. The van der Waals surface area contributed by atoms with Crippen LogP contribution in [-0.4, -0.2) is 69.8 Å². The molecule has 1 aliphatic rings. The molecule has 1 aromatic carbocycles. The SMILES string of the molecule is CN(C)C(=O)c1cc2cc(C3=CCCN(C(=O)[C@H](N)Cn4ccnn4)C3)ccc2o1. The summed E-state index contributed by atoms with van der Waals surface area (Å²) < 4.78 is 7.23. The predicted molar refractivity (Wildman–Crippen MR) is 111 cm³/mol. The van der Waals surface area contributed by atoms with E-state index in [-0.39, 0.29) is 18.4 Å². The number of fused-ring (bicyclic) bond motifs is 1. The monoisotopic (exact) mass is 408 g/mol. The van der Waals surface area contributed by atoms with Gasteiger partial charge >= 0.3 is 0 Å². The highest BCUT2D eigenvalue weighted by atomic mass is 16.3. The number of hydrogen-bond acceptors (Lipinski definition) is 6. The standard InChI is InChI=1S/C21H24N6O3/c1-25(2)21(29)19-11-16-10-14(5-6-18(16)30-19)15-4-3-8-26(12-15)20(28)17(22)13-27-9-7-23-24-27/h4-7,9-11,17H,3,8,12-13,22H2,1-2H3/t17-/m1/s1. The Morgan fingerprint density at radius 2 is 2.13 bits per heavy atom. The van der Waals surface area contributed by atoms with Crippen molar-refractivity contribution in [3.8, 4) is 0 Å². The van der Waals surface area contributed by atoms with Gasteiger partial charge in [-0.25, -0.2) is 0 Å². The van der Waals surface area contributed by atoms with Crippen LogP contribution in [0.3, 0.4) is 0 Å². The van der Waals surface area contributed by atoms with Crippen molar-refractivity contribution < 1.29 is 14.0 Å². The average Bonchev–Trinajstić information content (AvgIpc) is 3.41. The predicted octanol–water partition coefficient (Wildman–Crippen LogP) is 1.37. The summed E-state index contributed by atoms with van der Waals surface area (Å²) >= 11 is 0. The second kappa shape index (κ2) is 8.11. The van der Waals surface area contributed by atoms with Crippen molar-refractivity contribution in [1.82, 2.24) is 24.8 Å². The highest BCUT2D eigenvalue weighted by Crippen LogP contribution is 2.27. The molecule has 9 nitrogen and oxygen atoms in total. The first-order valence-corrected chi connectivity index (χ1v) is 9.75. The molecule has 4 rings (SSSR count). The average molecular weight is 408 g/mol. The van der Waals surface area contributed by atoms with Crippen LogP contribution in [0.15, 0.2) is 47.2 Å². The zero-order chi connectivity index (χ0) is 21.3. The summed E-state index contributed by atoms with van der Waals surface area (Å²) in [5.74, 6) is 0.0165. The summed E-state index contributed by atoms with van der Waals surface area (Å²) in [6.07, 6.45) is 6.14. The van der Waals surface area contributed by atoms with Crippen LogP contribution in [0.5, 0.6) is 0 Å². The summed E-state index contributed by atoms with van der Waals surface area (Å²) in [5, 5.41) is 8.46. The van der Waals surface area contributed by atoms with E-state index in [0.717, 1.165) is 22.9 Å². The van der Waals surface area contributed by atoms with E-state index in [1.54, 1.807) is 42.1 Å². The Balaban J connectivity index is 1.50. The number of aromatic nitrogens is 3. The number of carbonyl (C=O) groups excluding carboxylic acids is 2. The summed E-state index contributed by atoms with van der Waals surface area (Å²) in [6.45, 7) is 1.40. The molecule has 156 valence electrons. The van der Waals surface area contributed by atoms with Gasteiger partial charge in [-0.15, -0.1) is 5.10 Å². The molecule has 2 aromatic heterocycles. The van der Waals surface area contributed by atoms with Crippen LogP contribution in [0.2, 0.25) is 0 Å². The van der Waals surface area contributed by atoms with E-state index in [9.17, 15) is 9.59 Å². The summed E-state index contributed by atoms with van der Waals surface area (Å²) in [5.41, 5.74) is 8.80. The molecule has 2 N–H and O–H groups in total. The topological polar surface area (TPSA) is 110 Å². The van der Waals surface area contributed by atoms with Gasteiger partial charge in [-0.3, -0.25) is 14.3 Å². The third-order valence-electron chi connectivity index (χ3n) is 5.14. The fourth-order valence-corrected chi connectivity index (χ4v) is 3.55. The maximum absolute atomic E-state index is 12.8. The lowest BCUT2D eigenvalue weighted by molar-refractivity contribution is -0.132. The molecule has 0 spiro atoms. The molecule has 0 bridgehead atoms. The number of nitrogens with zero attached hydrogens (tertiary/aromatic N) is 5. The number of benzene rings is 1. The van der Waals surface area contributed by atoms with Crippen LogP contribution in [0.25, 0.3) is 16.5 Å². The Kier molecular flexibility index (Phi) is 5.37. The van der Waals surface area contributed by atoms with Crippen LogP contribution < -0.4 is 5.73 Å². The normalized spacial score (nSPS) is 15.2. The number of carbonyl (C=O) groups is 2. The molecule has 30 heavy (non-hydrogen) atoms. The number of amides is 2. The van der Waals surface area contributed by atoms with Gasteiger partial charge in [0.05, 0.1) is 12.7 Å². The zero-order valence-corrected chi connectivity index (χ0v) is 17.0. The van der Waals surface area contributed by atoms with Gasteiger partial charge in [0.2, 0.25) is 5.91 Å². The van der Waals surface area contributed by atoms with E-state index in [1.807, 2.05) is 18.2 Å². The van der Waals surface area contributed by atoms with E-state index < -0.39 is 6.04 Å². The minimum atomic E-state index is -0.679. The largest absolute Gasteiger partial charge is 0.451 e. The molecule has 0 fully saturated rings. The summed E-state index contributed by atoms with van der Waals surface area (Å²) in [4.78, 5) is 28.2. The molecule has 0 aliphatic carbocycles. The van der Waals surface area contributed by atoms with Gasteiger partial charge in [-0.1, -0.05) is 17.4 Å². The second-order valence-electron chi connectivity index (χ2n) is 7.57. The maximum atomic E-state index is 12.8. The van der Waals surface area contributed by atoms with E-state index in [2.05, 4.69) is 16.4 Å². The van der Waals surface area contributed by atoms with Crippen LogP contribution in [0.4, 0.5) is 0 Å². The van der Waals surface area contributed by atoms with Gasteiger partial charge in [0.25, 0.3) is 5.91 Å². The molecule has 3 heterocycles. The van der Waals surface area contributed by atoms with Gasteiger partial charge in [-0.05, 0) is 35.8 Å². The molecule has 0 saturated carbocycles. The van der Waals surface area contributed by atoms with E-state index in [1.165, 1.54) is 4.90 Å². The fraction of sp³-hybridized carbons (Fsp3) is 0.333. The van der Waals surface area contributed by atoms with Crippen LogP contribution in [0, 0.1) is 0 Å². The van der Waals surface area contributed by atoms with Gasteiger partial charge < -0.3 is 20.0 Å². The zero-order valence-electron chi connectivity index (χ0n) is 17.0. The quantitative estimate of drug-likeness (QED) is 0.683. The van der Waals surface area contributed by atoms with Crippen molar-refractivity contribution >= 4 is 28.4 Å². The molecule has 9 heteroatoms. The molecule has 0 unspecified atom stereocenters. The molecule has 3 aromatic rings. The van der Waals surface area contributed by atoms with Gasteiger partial charge in [0, 0.05) is 38.8 Å². The molecule has 1 atom stereocenters. The molecular formula is C21H24N6O3. The Morgan fingerprint density at radius 1 is 1.30 bits per heavy atom. The third-order valence-corrected chi connectivity index (χ3v) is 5.14.